The van der Waals surface area contributed by atoms with E-state index in [-0.39, 0.29) is 0 Å². The van der Waals surface area contributed by atoms with E-state index in [1.807, 2.05) is 0 Å². The molecule has 0 aromatic heterocycles. The lowest BCUT2D eigenvalue weighted by atomic mass is 10.1. The molecule has 0 aromatic rings. The zero-order chi connectivity index (χ0) is 13.8. The average molecular weight is 264 g/mol. The van der Waals surface area contributed by atoms with Crippen molar-refractivity contribution < 1.29 is 27.8 Å². The summed E-state index contributed by atoms with van der Waals surface area (Å²) < 4.78 is 48.6. The third-order valence-electron chi connectivity index (χ3n) is 2.09. The van der Waals surface area contributed by atoms with Crippen LogP contribution in [-0.2, 0) is 0 Å². The molecule has 8 nitrogen and oxygen atoms in total. The molecule has 0 fully saturated rings. The molecule has 0 bridgehead atoms. The van der Waals surface area contributed by atoms with Crippen LogP contribution < -0.4 is 0 Å². The molecule has 0 aliphatic rings. The van der Waals surface area contributed by atoms with E-state index in [9.17, 15) is 38.2 Å². The Morgan fingerprint density at radius 1 is 1.12 bits per heavy atom. The van der Waals surface area contributed by atoms with Crippen molar-refractivity contribution in [3.63, 3.8) is 0 Å². The van der Waals surface area contributed by atoms with Gasteiger partial charge in [0.2, 0.25) is 0 Å². The van der Waals surface area contributed by atoms with Crippen LogP contribution in [0.15, 0.2) is 0 Å². The normalized spacial score (nSPS) is 12.5. The van der Waals surface area contributed by atoms with Gasteiger partial charge in [0, 0.05) is 17.1 Å². The predicted molar refractivity (Wildman–Crippen MR) is 43.5 cm³/mol. The van der Waals surface area contributed by atoms with Crippen LogP contribution in [0.4, 0.5) is 17.9 Å². The molecule has 0 atom stereocenters. The van der Waals surface area contributed by atoms with Crippen molar-refractivity contribution >= 4 is 0 Å². The first kappa shape index (κ1) is 15.4. The molecule has 0 rings (SSSR count). The van der Waals surface area contributed by atoms with Crippen LogP contribution in [0.1, 0.15) is 19.8 Å². The molecule has 17 heavy (non-hydrogen) atoms. The molecule has 0 unspecified atom stereocenters. The fourth-order valence-electron chi connectivity index (χ4n) is 0.917. The van der Waals surface area contributed by atoms with Crippen molar-refractivity contribution in [3.8, 4) is 0 Å². The fraction of sp³-hybridized carbons (Fsp3) is 1.00. The Labute approximate surface area is 91.4 Å². The minimum absolute atomic E-state index is 0.393. The highest BCUT2D eigenvalue weighted by atomic mass is 19.4. The summed E-state index contributed by atoms with van der Waals surface area (Å²) in [4.78, 5) is 17.7. The number of rotatable bonds is 7. The Hall–Kier alpha value is -1.56. The van der Waals surface area contributed by atoms with Gasteiger partial charge in [0.1, 0.15) is 0 Å². The molecular formula is C5H8F4N4O4. The van der Waals surface area contributed by atoms with E-state index < -0.39 is 45.2 Å². The smallest absolute Gasteiger partial charge is 0.259 e. The van der Waals surface area contributed by atoms with Crippen molar-refractivity contribution in [2.45, 2.75) is 31.6 Å². The Bertz CT molecular complexity index is 280. The predicted octanol–water partition coefficient (Wildman–Crippen LogP) is 1.50. The van der Waals surface area contributed by atoms with Crippen LogP contribution >= 0.6 is 0 Å². The van der Waals surface area contributed by atoms with Crippen molar-refractivity contribution in [1.29, 1.82) is 0 Å². The van der Waals surface area contributed by atoms with E-state index in [1.54, 1.807) is 0 Å². The van der Waals surface area contributed by atoms with Crippen molar-refractivity contribution in [2.24, 2.45) is 0 Å². The Morgan fingerprint density at radius 2 is 1.47 bits per heavy atom. The maximum absolute atomic E-state index is 12.2. The Kier molecular flexibility index (Phi) is 5.15. The van der Waals surface area contributed by atoms with Gasteiger partial charge in [0.25, 0.3) is 0 Å². The molecule has 0 amide bonds. The van der Waals surface area contributed by atoms with Gasteiger partial charge in [0.05, 0.1) is 16.3 Å². The second-order valence-corrected chi connectivity index (χ2v) is 3.27. The van der Waals surface area contributed by atoms with Crippen LogP contribution in [0.3, 0.4) is 0 Å². The van der Waals surface area contributed by atoms with E-state index in [0.29, 0.717) is 6.92 Å². The highest BCUT2D eigenvalue weighted by Gasteiger charge is 2.46. The second kappa shape index (κ2) is 5.67. The topological polar surface area (TPSA) is 92.8 Å². The molecule has 0 heterocycles. The van der Waals surface area contributed by atoms with Gasteiger partial charge in [-0.25, -0.2) is 0 Å². The van der Waals surface area contributed by atoms with E-state index in [2.05, 4.69) is 0 Å². The standard InChI is InChI=1S/C5H8F4N4O4/c1-5(12(6)7,13(8)9)3-2-4(10(14)15)11(16)17/h4H,2-3H2,1H3. The highest BCUT2D eigenvalue weighted by molar-refractivity contribution is 4.71. The summed E-state index contributed by atoms with van der Waals surface area (Å²) in [6.07, 6.45) is -4.60. The first-order valence-electron chi connectivity index (χ1n) is 4.13. The largest absolute Gasteiger partial charge is 0.450 e. The molecule has 12 heteroatoms. The molecule has 0 saturated heterocycles. The lowest BCUT2D eigenvalue weighted by molar-refractivity contribution is -0.743. The van der Waals surface area contributed by atoms with Crippen LogP contribution in [0.25, 0.3) is 0 Å². The van der Waals surface area contributed by atoms with E-state index >= 15 is 0 Å². The van der Waals surface area contributed by atoms with Gasteiger partial charge in [0.15, 0.2) is 5.66 Å². The third-order valence-corrected chi connectivity index (χ3v) is 2.09. The van der Waals surface area contributed by atoms with Gasteiger partial charge in [-0.05, 0) is 6.92 Å². The van der Waals surface area contributed by atoms with E-state index in [1.165, 1.54) is 0 Å². The summed E-state index contributed by atoms with van der Waals surface area (Å²) in [6.45, 7) is 0.393. The molecule has 0 saturated carbocycles. The second-order valence-electron chi connectivity index (χ2n) is 3.27. The SMILES string of the molecule is CC(CCC([N+](=O)[O-])[N+](=O)[O-])(N(F)F)N(F)F. The summed E-state index contributed by atoms with van der Waals surface area (Å²) in [5, 5.41) is 16.6. The van der Waals surface area contributed by atoms with Crippen molar-refractivity contribution in [2.75, 3.05) is 0 Å². The van der Waals surface area contributed by atoms with Gasteiger partial charge >= 0.3 is 6.17 Å². The van der Waals surface area contributed by atoms with Crippen LogP contribution in [0.2, 0.25) is 0 Å². The summed E-state index contributed by atoms with van der Waals surface area (Å²) in [6, 6.07) is 0. The van der Waals surface area contributed by atoms with Gasteiger partial charge in [-0.1, -0.05) is 17.9 Å². The molecule has 0 aliphatic heterocycles. The number of hydrogen-bond donors (Lipinski definition) is 0. The Morgan fingerprint density at radius 3 is 1.71 bits per heavy atom. The molecular weight excluding hydrogens is 256 g/mol. The molecule has 0 spiro atoms. The van der Waals surface area contributed by atoms with Gasteiger partial charge in [-0.15, -0.1) is 0 Å². The first-order chi connectivity index (χ1) is 7.62. The number of halogens is 4. The van der Waals surface area contributed by atoms with E-state index in [0.717, 1.165) is 0 Å². The van der Waals surface area contributed by atoms with Crippen molar-refractivity contribution in [1.82, 2.24) is 10.7 Å². The van der Waals surface area contributed by atoms with Crippen molar-refractivity contribution in [3.05, 3.63) is 20.2 Å². The van der Waals surface area contributed by atoms with Gasteiger partial charge < -0.3 is 0 Å². The average Bonchev–Trinajstić information content (AvgIpc) is 2.15. The summed E-state index contributed by atoms with van der Waals surface area (Å²) >= 11 is 0. The molecule has 0 N–H and O–H groups in total. The van der Waals surface area contributed by atoms with Crippen LogP contribution in [0.5, 0.6) is 0 Å². The lowest BCUT2D eigenvalue weighted by Crippen LogP contribution is -2.47. The molecule has 0 radical (unpaired) electrons. The minimum atomic E-state index is -3.11. The Balaban J connectivity index is 4.71. The number of nitro groups is 2. The fourth-order valence-corrected chi connectivity index (χ4v) is 0.917. The zero-order valence-corrected chi connectivity index (χ0v) is 8.43. The maximum atomic E-state index is 12.2. The lowest BCUT2D eigenvalue weighted by Gasteiger charge is -2.27. The summed E-state index contributed by atoms with van der Waals surface area (Å²) in [5.74, 6) is 0. The van der Waals surface area contributed by atoms with Gasteiger partial charge in [-0.2, -0.15) is 0 Å². The van der Waals surface area contributed by atoms with Crippen LogP contribution in [0, 0.1) is 20.2 Å². The summed E-state index contributed by atoms with van der Waals surface area (Å²) in [5.41, 5.74) is -3.11. The molecule has 100 valence electrons. The van der Waals surface area contributed by atoms with Crippen LogP contribution in [-0.4, -0.2) is 32.4 Å². The zero-order valence-electron chi connectivity index (χ0n) is 8.43. The monoisotopic (exact) mass is 264 g/mol. The summed E-state index contributed by atoms with van der Waals surface area (Å²) in [7, 11) is 0. The van der Waals surface area contributed by atoms with E-state index in [4.69, 9.17) is 0 Å². The molecule has 0 aliphatic carbocycles. The highest BCUT2D eigenvalue weighted by Crippen LogP contribution is 2.28. The number of hydrogen-bond acceptors (Lipinski definition) is 6. The quantitative estimate of drug-likeness (QED) is 0.227. The minimum Gasteiger partial charge on any atom is -0.259 e. The third kappa shape index (κ3) is 3.74. The number of nitrogens with zero attached hydrogens (tertiary/aromatic N) is 4. The maximum Gasteiger partial charge on any atom is 0.450 e. The molecule has 0 aromatic carbocycles. The first-order valence-corrected chi connectivity index (χ1v) is 4.13. The van der Waals surface area contributed by atoms with Gasteiger partial charge in [-0.3, -0.25) is 20.2 Å².